The van der Waals surface area contributed by atoms with Crippen LogP contribution in [0.3, 0.4) is 0 Å². The molecule has 0 atom stereocenters. The maximum Gasteiger partial charge on any atom is 0.251 e. The van der Waals surface area contributed by atoms with Crippen molar-refractivity contribution in [2.24, 2.45) is 10.4 Å². The molecule has 1 aromatic rings. The lowest BCUT2D eigenvalue weighted by molar-refractivity contribution is 0.0963. The molecule has 0 heterocycles. The third kappa shape index (κ3) is 7.58. The number of guanidine groups is 1. The standard InChI is InChI=1S/C21H34N4O2.HI/c1-4-27-14-13-21(11-5-6-12-21)16-25-20(23-3)24-15-17-7-9-18(10-8-17)19(26)22-2;/h7-10H,4-6,11-16H2,1-3H3,(H,22,26)(H2,23,24,25);1H. The molecule has 1 amide bonds. The molecule has 1 aliphatic rings. The van der Waals surface area contributed by atoms with Gasteiger partial charge < -0.3 is 20.7 Å². The molecular weight excluding hydrogens is 467 g/mol. The van der Waals surface area contributed by atoms with Crippen molar-refractivity contribution in [1.82, 2.24) is 16.0 Å². The third-order valence-electron chi connectivity index (χ3n) is 5.40. The van der Waals surface area contributed by atoms with Gasteiger partial charge >= 0.3 is 0 Å². The highest BCUT2D eigenvalue weighted by Gasteiger charge is 2.33. The van der Waals surface area contributed by atoms with Crippen molar-refractivity contribution in [3.8, 4) is 0 Å². The Morgan fingerprint density at radius 3 is 2.43 bits per heavy atom. The normalized spacial score (nSPS) is 15.6. The second-order valence-electron chi connectivity index (χ2n) is 7.21. The molecule has 1 aromatic carbocycles. The van der Waals surface area contributed by atoms with Crippen molar-refractivity contribution >= 4 is 35.8 Å². The van der Waals surface area contributed by atoms with Crippen molar-refractivity contribution in [3.05, 3.63) is 35.4 Å². The van der Waals surface area contributed by atoms with E-state index in [9.17, 15) is 4.79 Å². The SMILES string of the molecule is CCOCCC1(CNC(=NC)NCc2ccc(C(=O)NC)cc2)CCCC1.I. The molecular formula is C21H35IN4O2. The van der Waals surface area contributed by atoms with Crippen LogP contribution in [0.1, 0.15) is 54.9 Å². The lowest BCUT2D eigenvalue weighted by atomic mass is 9.83. The molecule has 158 valence electrons. The van der Waals surface area contributed by atoms with E-state index in [0.717, 1.165) is 37.7 Å². The molecule has 0 radical (unpaired) electrons. The molecule has 0 spiro atoms. The van der Waals surface area contributed by atoms with E-state index in [1.807, 2.05) is 31.2 Å². The lowest BCUT2D eigenvalue weighted by Gasteiger charge is -2.30. The summed E-state index contributed by atoms with van der Waals surface area (Å²) in [7, 11) is 3.44. The topological polar surface area (TPSA) is 74.8 Å². The number of nitrogens with zero attached hydrogens (tertiary/aromatic N) is 1. The molecule has 0 aliphatic heterocycles. The Labute approximate surface area is 186 Å². The number of halogens is 1. The molecule has 0 bridgehead atoms. The number of aliphatic imine (C=N–C) groups is 1. The molecule has 3 N–H and O–H groups in total. The Hall–Kier alpha value is -1.35. The Balaban J connectivity index is 0.00000392. The molecule has 1 aliphatic carbocycles. The molecule has 6 nitrogen and oxygen atoms in total. The number of benzene rings is 1. The maximum atomic E-state index is 11.6. The van der Waals surface area contributed by atoms with E-state index < -0.39 is 0 Å². The maximum absolute atomic E-state index is 11.6. The van der Waals surface area contributed by atoms with Crippen LogP contribution in [-0.4, -0.2) is 45.7 Å². The number of nitrogens with one attached hydrogen (secondary N) is 3. The van der Waals surface area contributed by atoms with Gasteiger partial charge in [0.1, 0.15) is 0 Å². The van der Waals surface area contributed by atoms with Gasteiger partial charge in [0.2, 0.25) is 0 Å². The first kappa shape index (κ1) is 24.7. The van der Waals surface area contributed by atoms with E-state index in [2.05, 4.69) is 20.9 Å². The Kier molecular flexibility index (Phi) is 11.4. The van der Waals surface area contributed by atoms with E-state index in [1.165, 1.54) is 25.7 Å². The molecule has 0 aromatic heterocycles. The van der Waals surface area contributed by atoms with Gasteiger partial charge in [-0.3, -0.25) is 9.79 Å². The van der Waals surface area contributed by atoms with Gasteiger partial charge in [-0.05, 0) is 49.3 Å². The van der Waals surface area contributed by atoms with E-state index in [0.29, 0.717) is 17.5 Å². The fraction of sp³-hybridized carbons (Fsp3) is 0.619. The van der Waals surface area contributed by atoms with Crippen molar-refractivity contribution in [3.63, 3.8) is 0 Å². The average molecular weight is 502 g/mol. The summed E-state index contributed by atoms with van der Waals surface area (Å²) < 4.78 is 5.59. The van der Waals surface area contributed by atoms with E-state index in [4.69, 9.17) is 4.74 Å². The van der Waals surface area contributed by atoms with Crippen LogP contribution in [0.4, 0.5) is 0 Å². The van der Waals surface area contributed by atoms with Crippen LogP contribution in [0.2, 0.25) is 0 Å². The van der Waals surface area contributed by atoms with Crippen LogP contribution in [0.25, 0.3) is 0 Å². The van der Waals surface area contributed by atoms with Gasteiger partial charge in [-0.1, -0.05) is 25.0 Å². The number of hydrogen-bond donors (Lipinski definition) is 3. The fourth-order valence-electron chi connectivity index (χ4n) is 3.67. The van der Waals surface area contributed by atoms with Crippen molar-refractivity contribution in [1.29, 1.82) is 0 Å². The van der Waals surface area contributed by atoms with Gasteiger partial charge in [-0.15, -0.1) is 24.0 Å². The summed E-state index contributed by atoms with van der Waals surface area (Å²) in [4.78, 5) is 16.0. The van der Waals surface area contributed by atoms with Crippen molar-refractivity contribution in [2.45, 2.75) is 45.6 Å². The van der Waals surface area contributed by atoms with E-state index >= 15 is 0 Å². The average Bonchev–Trinajstić information content (AvgIpc) is 3.17. The number of carbonyl (C=O) groups is 1. The molecule has 7 heteroatoms. The quantitative estimate of drug-likeness (QED) is 0.210. The summed E-state index contributed by atoms with van der Waals surface area (Å²) in [5.41, 5.74) is 2.10. The monoisotopic (exact) mass is 502 g/mol. The van der Waals surface area contributed by atoms with Crippen LogP contribution < -0.4 is 16.0 Å². The minimum absolute atomic E-state index is 0. The summed E-state index contributed by atoms with van der Waals surface area (Å²) in [5.74, 6) is 0.744. The summed E-state index contributed by atoms with van der Waals surface area (Å²) >= 11 is 0. The lowest BCUT2D eigenvalue weighted by Crippen LogP contribution is -2.43. The number of ether oxygens (including phenoxy) is 1. The predicted molar refractivity (Wildman–Crippen MR) is 125 cm³/mol. The van der Waals surface area contributed by atoms with Gasteiger partial charge in [0.05, 0.1) is 0 Å². The van der Waals surface area contributed by atoms with Crippen LogP contribution in [0.5, 0.6) is 0 Å². The van der Waals surface area contributed by atoms with Gasteiger partial charge in [0.15, 0.2) is 5.96 Å². The summed E-state index contributed by atoms with van der Waals surface area (Å²) in [6, 6.07) is 7.61. The highest BCUT2D eigenvalue weighted by atomic mass is 127. The third-order valence-corrected chi connectivity index (χ3v) is 5.40. The zero-order valence-electron chi connectivity index (χ0n) is 17.3. The Morgan fingerprint density at radius 1 is 1.18 bits per heavy atom. The second kappa shape index (κ2) is 13.0. The summed E-state index contributed by atoms with van der Waals surface area (Å²) in [6.07, 6.45) is 6.22. The highest BCUT2D eigenvalue weighted by Crippen LogP contribution is 2.40. The number of amides is 1. The molecule has 0 unspecified atom stereocenters. The summed E-state index contributed by atoms with van der Waals surface area (Å²) in [6.45, 7) is 5.26. The zero-order valence-corrected chi connectivity index (χ0v) is 19.7. The van der Waals surface area contributed by atoms with E-state index in [1.54, 1.807) is 14.1 Å². The minimum atomic E-state index is -0.0686. The van der Waals surface area contributed by atoms with Crippen molar-refractivity contribution < 1.29 is 9.53 Å². The van der Waals surface area contributed by atoms with Gasteiger partial charge in [0.25, 0.3) is 5.91 Å². The van der Waals surface area contributed by atoms with E-state index in [-0.39, 0.29) is 29.9 Å². The number of carbonyl (C=O) groups excluding carboxylic acids is 1. The molecule has 1 saturated carbocycles. The zero-order chi connectivity index (χ0) is 19.5. The van der Waals surface area contributed by atoms with Gasteiger partial charge in [-0.25, -0.2) is 0 Å². The second-order valence-corrected chi connectivity index (χ2v) is 7.21. The number of hydrogen-bond acceptors (Lipinski definition) is 3. The minimum Gasteiger partial charge on any atom is -0.382 e. The Bertz CT molecular complexity index is 613. The van der Waals surface area contributed by atoms with Gasteiger partial charge in [0, 0.05) is 46.0 Å². The molecule has 28 heavy (non-hydrogen) atoms. The first-order valence-electron chi connectivity index (χ1n) is 9.96. The first-order chi connectivity index (χ1) is 13.1. The van der Waals surface area contributed by atoms with Gasteiger partial charge in [-0.2, -0.15) is 0 Å². The smallest absolute Gasteiger partial charge is 0.251 e. The molecule has 2 rings (SSSR count). The van der Waals surface area contributed by atoms with Crippen LogP contribution >= 0.6 is 24.0 Å². The van der Waals surface area contributed by atoms with Crippen LogP contribution in [0, 0.1) is 5.41 Å². The molecule has 0 saturated heterocycles. The van der Waals surface area contributed by atoms with Crippen LogP contribution in [0.15, 0.2) is 29.3 Å². The largest absolute Gasteiger partial charge is 0.382 e. The van der Waals surface area contributed by atoms with Crippen LogP contribution in [-0.2, 0) is 11.3 Å². The molecule has 1 fully saturated rings. The Morgan fingerprint density at radius 2 is 1.86 bits per heavy atom. The summed E-state index contributed by atoms with van der Waals surface area (Å²) in [5, 5.41) is 9.50. The van der Waals surface area contributed by atoms with Crippen molar-refractivity contribution in [2.75, 3.05) is 33.9 Å². The first-order valence-corrected chi connectivity index (χ1v) is 9.96. The predicted octanol–water partition coefficient (Wildman–Crippen LogP) is 3.32. The fourth-order valence-corrected chi connectivity index (χ4v) is 3.67. The highest BCUT2D eigenvalue weighted by molar-refractivity contribution is 14.0. The number of rotatable bonds is 9.